The van der Waals surface area contributed by atoms with Crippen LogP contribution in [0.3, 0.4) is 0 Å². The average Bonchev–Trinajstić information content (AvgIpc) is 2.66. The van der Waals surface area contributed by atoms with Gasteiger partial charge in [-0.25, -0.2) is 4.79 Å². The van der Waals surface area contributed by atoms with Crippen LogP contribution < -0.4 is 0 Å². The number of halogens is 1. The first kappa shape index (κ1) is 12.6. The van der Waals surface area contributed by atoms with Gasteiger partial charge in [-0.1, -0.05) is 0 Å². The lowest BCUT2D eigenvalue weighted by Crippen LogP contribution is -2.05. The molecule has 0 aliphatic rings. The molecule has 16 heavy (non-hydrogen) atoms. The molecule has 0 bridgehead atoms. The summed E-state index contributed by atoms with van der Waals surface area (Å²) in [6.45, 7) is 1.57. The first-order valence-electron chi connectivity index (χ1n) is 4.47. The summed E-state index contributed by atoms with van der Waals surface area (Å²) in [4.78, 5) is 22.0. The Balaban J connectivity index is 2.69. The average molecular weight is 247 g/mol. The quantitative estimate of drug-likeness (QED) is 0.597. The summed E-state index contributed by atoms with van der Waals surface area (Å²) < 4.78 is 14.5. The molecule has 5 nitrogen and oxygen atoms in total. The zero-order chi connectivity index (χ0) is 12.1. The first-order valence-corrected chi connectivity index (χ1v) is 5.01. The number of alkyl halides is 1. The van der Waals surface area contributed by atoms with E-state index >= 15 is 0 Å². The molecular formula is C10H11ClO5. The van der Waals surface area contributed by atoms with Gasteiger partial charge in [0.2, 0.25) is 0 Å². The lowest BCUT2D eigenvalue weighted by Gasteiger charge is -1.98. The number of methoxy groups -OCH3 is 1. The third-order valence-electron chi connectivity index (χ3n) is 1.86. The number of ether oxygens (including phenoxy) is 2. The van der Waals surface area contributed by atoms with Gasteiger partial charge in [-0.15, -0.1) is 11.6 Å². The van der Waals surface area contributed by atoms with E-state index in [1.54, 1.807) is 6.92 Å². The molecule has 1 rings (SSSR count). The normalized spacial score (nSPS) is 9.94. The van der Waals surface area contributed by atoms with Crippen LogP contribution in [-0.2, 0) is 20.9 Å². The highest BCUT2D eigenvalue weighted by Crippen LogP contribution is 2.16. The topological polar surface area (TPSA) is 65.7 Å². The number of esters is 2. The van der Waals surface area contributed by atoms with E-state index in [9.17, 15) is 9.59 Å². The maximum atomic E-state index is 11.2. The van der Waals surface area contributed by atoms with E-state index in [1.807, 2.05) is 0 Å². The van der Waals surface area contributed by atoms with Gasteiger partial charge in [0.15, 0.2) is 0 Å². The second-order valence-electron chi connectivity index (χ2n) is 2.97. The highest BCUT2D eigenvalue weighted by molar-refractivity contribution is 6.26. The van der Waals surface area contributed by atoms with Gasteiger partial charge in [0.25, 0.3) is 0 Å². The molecule has 1 heterocycles. The minimum Gasteiger partial charge on any atom is -0.465 e. The maximum absolute atomic E-state index is 11.2. The zero-order valence-corrected chi connectivity index (χ0v) is 9.67. The van der Waals surface area contributed by atoms with Crippen molar-refractivity contribution in [1.29, 1.82) is 0 Å². The Kier molecular flexibility index (Phi) is 4.37. The van der Waals surface area contributed by atoms with Gasteiger partial charge >= 0.3 is 11.9 Å². The molecule has 1 aromatic heterocycles. The molecule has 0 radical (unpaired) electrons. The molecule has 0 fully saturated rings. The van der Waals surface area contributed by atoms with Crippen molar-refractivity contribution in [3.63, 3.8) is 0 Å². The summed E-state index contributed by atoms with van der Waals surface area (Å²) in [7, 11) is 1.28. The van der Waals surface area contributed by atoms with E-state index < -0.39 is 11.9 Å². The second kappa shape index (κ2) is 5.55. The Labute approximate surface area is 97.3 Å². The van der Waals surface area contributed by atoms with E-state index in [1.165, 1.54) is 13.2 Å². The number of furan rings is 1. The molecule has 0 atom stereocenters. The Hall–Kier alpha value is -1.49. The maximum Gasteiger partial charge on any atom is 0.341 e. The lowest BCUT2D eigenvalue weighted by molar-refractivity contribution is -0.142. The van der Waals surface area contributed by atoms with E-state index in [0.29, 0.717) is 17.1 Å². The minimum atomic E-state index is -0.546. The first-order chi connectivity index (χ1) is 7.58. The lowest BCUT2D eigenvalue weighted by atomic mass is 10.2. The van der Waals surface area contributed by atoms with Crippen LogP contribution in [-0.4, -0.2) is 24.9 Å². The predicted molar refractivity (Wildman–Crippen MR) is 55.3 cm³/mol. The van der Waals surface area contributed by atoms with Crippen LogP contribution in [0.25, 0.3) is 0 Å². The van der Waals surface area contributed by atoms with Crippen molar-refractivity contribution in [2.24, 2.45) is 0 Å². The van der Waals surface area contributed by atoms with Crippen LogP contribution in [0.5, 0.6) is 0 Å². The molecule has 0 unspecified atom stereocenters. The fraction of sp³-hybridized carbons (Fsp3) is 0.400. The van der Waals surface area contributed by atoms with Crippen LogP contribution >= 0.6 is 11.6 Å². The van der Waals surface area contributed by atoms with Gasteiger partial charge in [0.05, 0.1) is 7.11 Å². The van der Waals surface area contributed by atoms with E-state index in [-0.39, 0.29) is 12.5 Å². The number of hydrogen-bond donors (Lipinski definition) is 0. The molecule has 6 heteroatoms. The Bertz CT molecular complexity index is 396. The van der Waals surface area contributed by atoms with Crippen LogP contribution in [0.1, 0.15) is 21.9 Å². The SMILES string of the molecule is COC(=O)c1cc(COC(=O)CCl)oc1C. The minimum absolute atomic E-state index is 0.0522. The molecule has 1 aromatic rings. The van der Waals surface area contributed by atoms with Crippen LogP contribution in [0.2, 0.25) is 0 Å². The highest BCUT2D eigenvalue weighted by Gasteiger charge is 2.15. The largest absolute Gasteiger partial charge is 0.465 e. The zero-order valence-electron chi connectivity index (χ0n) is 8.91. The van der Waals surface area contributed by atoms with Crippen LogP contribution in [0.4, 0.5) is 0 Å². The highest BCUT2D eigenvalue weighted by atomic mass is 35.5. The number of hydrogen-bond acceptors (Lipinski definition) is 5. The Morgan fingerprint density at radius 3 is 2.75 bits per heavy atom. The smallest absolute Gasteiger partial charge is 0.341 e. The van der Waals surface area contributed by atoms with Gasteiger partial charge < -0.3 is 13.9 Å². The number of carbonyl (C=O) groups excluding carboxylic acids is 2. The van der Waals surface area contributed by atoms with Crippen molar-refractivity contribution in [2.75, 3.05) is 13.0 Å². The third kappa shape index (κ3) is 3.00. The van der Waals surface area contributed by atoms with Crippen LogP contribution in [0, 0.1) is 6.92 Å². The van der Waals surface area contributed by atoms with Gasteiger partial charge in [0, 0.05) is 0 Å². The van der Waals surface area contributed by atoms with Gasteiger partial charge in [-0.2, -0.15) is 0 Å². The third-order valence-corrected chi connectivity index (χ3v) is 2.08. The van der Waals surface area contributed by atoms with Crippen molar-refractivity contribution in [3.8, 4) is 0 Å². The van der Waals surface area contributed by atoms with Gasteiger partial charge in [-0.05, 0) is 13.0 Å². The standard InChI is InChI=1S/C10H11ClO5/c1-6-8(10(13)14-2)3-7(16-6)5-15-9(12)4-11/h3H,4-5H2,1-2H3. The molecular weight excluding hydrogens is 236 g/mol. The summed E-state index contributed by atoms with van der Waals surface area (Å²) >= 11 is 5.25. The number of aryl methyl sites for hydroxylation is 1. The molecule has 0 saturated heterocycles. The summed E-state index contributed by atoms with van der Waals surface area (Å²) in [5.41, 5.74) is 0.319. The van der Waals surface area contributed by atoms with Crippen molar-refractivity contribution in [1.82, 2.24) is 0 Å². The monoisotopic (exact) mass is 246 g/mol. The van der Waals surface area contributed by atoms with E-state index in [4.69, 9.17) is 20.8 Å². The molecule has 0 aliphatic heterocycles. The van der Waals surface area contributed by atoms with Crippen molar-refractivity contribution < 1.29 is 23.5 Å². The molecule has 0 aromatic carbocycles. The van der Waals surface area contributed by atoms with E-state index in [0.717, 1.165) is 0 Å². The summed E-state index contributed by atoms with van der Waals surface area (Å²) in [5.74, 6) is -0.463. The summed E-state index contributed by atoms with van der Waals surface area (Å²) in [6.07, 6.45) is 0. The Morgan fingerprint density at radius 2 is 2.19 bits per heavy atom. The van der Waals surface area contributed by atoms with E-state index in [2.05, 4.69) is 4.74 Å². The molecule has 0 spiro atoms. The van der Waals surface area contributed by atoms with Crippen LogP contribution in [0.15, 0.2) is 10.5 Å². The van der Waals surface area contributed by atoms with Crippen molar-refractivity contribution in [2.45, 2.75) is 13.5 Å². The number of rotatable bonds is 4. The van der Waals surface area contributed by atoms with Crippen molar-refractivity contribution in [3.05, 3.63) is 23.2 Å². The van der Waals surface area contributed by atoms with Gasteiger partial charge in [-0.3, -0.25) is 4.79 Å². The molecule has 0 aliphatic carbocycles. The molecule has 88 valence electrons. The fourth-order valence-corrected chi connectivity index (χ4v) is 1.19. The molecule has 0 amide bonds. The summed E-state index contributed by atoms with van der Waals surface area (Å²) in [6, 6.07) is 1.47. The Morgan fingerprint density at radius 1 is 1.50 bits per heavy atom. The molecule has 0 N–H and O–H groups in total. The molecule has 0 saturated carbocycles. The number of carbonyl (C=O) groups is 2. The van der Waals surface area contributed by atoms with Gasteiger partial charge in [0.1, 0.15) is 29.6 Å². The van der Waals surface area contributed by atoms with Crippen molar-refractivity contribution >= 4 is 23.5 Å². The summed E-state index contributed by atoms with van der Waals surface area (Å²) in [5, 5.41) is 0. The fourth-order valence-electron chi connectivity index (χ4n) is 1.12. The second-order valence-corrected chi connectivity index (χ2v) is 3.24. The predicted octanol–water partition coefficient (Wildman–Crippen LogP) is 1.66.